The second-order valence-corrected chi connectivity index (χ2v) is 7.95. The first kappa shape index (κ1) is 22.7. The monoisotopic (exact) mass is 451 g/mol. The first-order valence-corrected chi connectivity index (χ1v) is 10.8. The lowest BCUT2D eigenvalue weighted by Gasteiger charge is -2.34. The zero-order chi connectivity index (χ0) is 21.3. The molecule has 2 aromatic rings. The molecule has 6 nitrogen and oxygen atoms in total. The minimum Gasteiger partial charge on any atom is -0.495 e. The molecule has 1 aliphatic rings. The minimum atomic E-state index is -0.0499. The van der Waals surface area contributed by atoms with E-state index in [1.807, 2.05) is 24.3 Å². The number of piperazine rings is 1. The fraction of sp³-hybridized carbons (Fsp3) is 0.409. The molecule has 8 heteroatoms. The van der Waals surface area contributed by atoms with Crippen molar-refractivity contribution < 1.29 is 14.3 Å². The fourth-order valence-corrected chi connectivity index (χ4v) is 3.70. The van der Waals surface area contributed by atoms with Crippen molar-refractivity contribution in [2.75, 3.05) is 58.3 Å². The van der Waals surface area contributed by atoms with Gasteiger partial charge in [-0.1, -0.05) is 35.3 Å². The van der Waals surface area contributed by atoms with Crippen molar-refractivity contribution >= 4 is 34.8 Å². The number of amides is 1. The van der Waals surface area contributed by atoms with Gasteiger partial charge in [0.1, 0.15) is 18.1 Å². The maximum atomic E-state index is 12.3. The van der Waals surface area contributed by atoms with Crippen LogP contribution in [-0.4, -0.2) is 68.7 Å². The lowest BCUT2D eigenvalue weighted by atomic mass is 10.2. The van der Waals surface area contributed by atoms with Gasteiger partial charge in [-0.05, 0) is 30.3 Å². The number of benzene rings is 2. The second-order valence-electron chi connectivity index (χ2n) is 7.10. The van der Waals surface area contributed by atoms with Crippen molar-refractivity contribution in [3.05, 3.63) is 52.5 Å². The SMILES string of the molecule is COc1ccc(Cl)cc1NC(=O)CCN1CCN(CCOc2ccccc2Cl)CC1. The van der Waals surface area contributed by atoms with Crippen LogP contribution in [0.4, 0.5) is 5.69 Å². The van der Waals surface area contributed by atoms with Gasteiger partial charge < -0.3 is 19.7 Å². The highest BCUT2D eigenvalue weighted by Crippen LogP contribution is 2.27. The summed E-state index contributed by atoms with van der Waals surface area (Å²) >= 11 is 12.1. The van der Waals surface area contributed by atoms with Crippen LogP contribution in [0.15, 0.2) is 42.5 Å². The quantitative estimate of drug-likeness (QED) is 0.623. The van der Waals surface area contributed by atoms with Crippen LogP contribution >= 0.6 is 23.2 Å². The third-order valence-electron chi connectivity index (χ3n) is 5.06. The molecule has 0 saturated carbocycles. The van der Waals surface area contributed by atoms with E-state index in [0.717, 1.165) is 45.0 Å². The Morgan fingerprint density at radius 3 is 2.40 bits per heavy atom. The van der Waals surface area contributed by atoms with Gasteiger partial charge in [-0.3, -0.25) is 9.69 Å². The molecule has 0 atom stereocenters. The van der Waals surface area contributed by atoms with Gasteiger partial charge >= 0.3 is 0 Å². The van der Waals surface area contributed by atoms with Crippen LogP contribution in [0, 0.1) is 0 Å². The van der Waals surface area contributed by atoms with Crippen LogP contribution in [0.2, 0.25) is 10.0 Å². The predicted molar refractivity (Wildman–Crippen MR) is 121 cm³/mol. The maximum absolute atomic E-state index is 12.3. The Morgan fingerprint density at radius 2 is 1.70 bits per heavy atom. The van der Waals surface area contributed by atoms with E-state index in [2.05, 4.69) is 15.1 Å². The van der Waals surface area contributed by atoms with Gasteiger partial charge in [-0.15, -0.1) is 0 Å². The Bertz CT molecular complexity index is 842. The van der Waals surface area contributed by atoms with E-state index < -0.39 is 0 Å². The molecule has 2 aromatic carbocycles. The van der Waals surface area contributed by atoms with Crippen LogP contribution < -0.4 is 14.8 Å². The smallest absolute Gasteiger partial charge is 0.225 e. The summed E-state index contributed by atoms with van der Waals surface area (Å²) < 4.78 is 11.0. The van der Waals surface area contributed by atoms with Crippen molar-refractivity contribution in [3.8, 4) is 11.5 Å². The molecule has 1 aliphatic heterocycles. The van der Waals surface area contributed by atoms with Gasteiger partial charge in [-0.2, -0.15) is 0 Å². The first-order valence-electron chi connectivity index (χ1n) is 10.0. The number of methoxy groups -OCH3 is 1. The average Bonchev–Trinajstić information content (AvgIpc) is 2.75. The minimum absolute atomic E-state index is 0.0499. The van der Waals surface area contributed by atoms with E-state index in [4.69, 9.17) is 32.7 Å². The summed E-state index contributed by atoms with van der Waals surface area (Å²) in [6, 6.07) is 12.7. The number of halogens is 2. The molecule has 0 radical (unpaired) electrons. The van der Waals surface area contributed by atoms with E-state index >= 15 is 0 Å². The summed E-state index contributed by atoms with van der Waals surface area (Å²) in [6.07, 6.45) is 0.422. The lowest BCUT2D eigenvalue weighted by molar-refractivity contribution is -0.116. The summed E-state index contributed by atoms with van der Waals surface area (Å²) in [5, 5.41) is 4.08. The molecule has 1 saturated heterocycles. The summed E-state index contributed by atoms with van der Waals surface area (Å²) in [5.41, 5.74) is 0.596. The molecule has 1 fully saturated rings. The maximum Gasteiger partial charge on any atom is 0.225 e. The zero-order valence-electron chi connectivity index (χ0n) is 17.1. The van der Waals surface area contributed by atoms with Crippen molar-refractivity contribution in [1.29, 1.82) is 0 Å². The van der Waals surface area contributed by atoms with Gasteiger partial charge in [0.2, 0.25) is 5.91 Å². The summed E-state index contributed by atoms with van der Waals surface area (Å²) in [4.78, 5) is 17.0. The number of hydrogen-bond acceptors (Lipinski definition) is 5. The van der Waals surface area contributed by atoms with Crippen molar-refractivity contribution in [2.45, 2.75) is 6.42 Å². The molecule has 1 N–H and O–H groups in total. The number of rotatable bonds is 9. The van der Waals surface area contributed by atoms with Gasteiger partial charge in [0.25, 0.3) is 0 Å². The van der Waals surface area contributed by atoms with Crippen LogP contribution in [0.1, 0.15) is 6.42 Å². The number of anilines is 1. The van der Waals surface area contributed by atoms with E-state index in [1.165, 1.54) is 0 Å². The molecule has 1 amide bonds. The molecule has 0 spiro atoms. The highest BCUT2D eigenvalue weighted by atomic mass is 35.5. The van der Waals surface area contributed by atoms with E-state index in [0.29, 0.717) is 34.5 Å². The average molecular weight is 452 g/mol. The topological polar surface area (TPSA) is 54.0 Å². The Balaban J connectivity index is 1.34. The lowest BCUT2D eigenvalue weighted by Crippen LogP contribution is -2.48. The molecule has 162 valence electrons. The standard InChI is InChI=1S/C22H27Cl2N3O3/c1-29-21-7-6-17(23)16-19(21)25-22(28)8-9-26-10-12-27(13-11-26)14-15-30-20-5-3-2-4-18(20)24/h2-7,16H,8-15H2,1H3,(H,25,28). The number of ether oxygens (including phenoxy) is 2. The van der Waals surface area contributed by atoms with E-state index in [9.17, 15) is 4.79 Å². The molecule has 3 rings (SSSR count). The number of carbonyl (C=O) groups excluding carboxylic acids is 1. The van der Waals surface area contributed by atoms with Crippen molar-refractivity contribution in [2.24, 2.45) is 0 Å². The molecule has 1 heterocycles. The van der Waals surface area contributed by atoms with E-state index in [1.54, 1.807) is 25.3 Å². The van der Waals surface area contributed by atoms with Gasteiger partial charge in [-0.25, -0.2) is 0 Å². The number of nitrogens with one attached hydrogen (secondary N) is 1. The number of para-hydroxylation sites is 1. The third-order valence-corrected chi connectivity index (χ3v) is 5.60. The predicted octanol–water partition coefficient (Wildman–Crippen LogP) is 4.03. The van der Waals surface area contributed by atoms with Crippen LogP contribution in [0.25, 0.3) is 0 Å². The Labute approximate surface area is 187 Å². The number of nitrogens with zero attached hydrogens (tertiary/aromatic N) is 2. The second kappa shape index (κ2) is 11.4. The largest absolute Gasteiger partial charge is 0.495 e. The third kappa shape index (κ3) is 6.77. The van der Waals surface area contributed by atoms with E-state index in [-0.39, 0.29) is 5.91 Å². The van der Waals surface area contributed by atoms with Crippen molar-refractivity contribution in [3.63, 3.8) is 0 Å². The molecule has 0 aromatic heterocycles. The highest BCUT2D eigenvalue weighted by Gasteiger charge is 2.18. The van der Waals surface area contributed by atoms with Crippen LogP contribution in [0.5, 0.6) is 11.5 Å². The molecule has 0 unspecified atom stereocenters. The first-order chi connectivity index (χ1) is 14.5. The van der Waals surface area contributed by atoms with Crippen molar-refractivity contribution in [1.82, 2.24) is 9.80 Å². The summed E-state index contributed by atoms with van der Waals surface area (Å²) in [6.45, 7) is 5.95. The summed E-state index contributed by atoms with van der Waals surface area (Å²) in [5.74, 6) is 1.27. The molecule has 0 bridgehead atoms. The molecule has 0 aliphatic carbocycles. The normalized spacial score (nSPS) is 15.0. The summed E-state index contributed by atoms with van der Waals surface area (Å²) in [7, 11) is 1.57. The molecule has 30 heavy (non-hydrogen) atoms. The zero-order valence-corrected chi connectivity index (χ0v) is 18.6. The van der Waals surface area contributed by atoms with Crippen LogP contribution in [0.3, 0.4) is 0 Å². The van der Waals surface area contributed by atoms with Gasteiger partial charge in [0.15, 0.2) is 0 Å². The Hall–Kier alpha value is -1.99. The Morgan fingerprint density at radius 1 is 1.00 bits per heavy atom. The number of hydrogen-bond donors (Lipinski definition) is 1. The number of carbonyl (C=O) groups is 1. The van der Waals surface area contributed by atoms with Crippen LogP contribution in [-0.2, 0) is 4.79 Å². The molecular formula is C22H27Cl2N3O3. The highest BCUT2D eigenvalue weighted by molar-refractivity contribution is 6.32. The fourth-order valence-electron chi connectivity index (χ4n) is 3.33. The Kier molecular flexibility index (Phi) is 8.63. The van der Waals surface area contributed by atoms with Gasteiger partial charge in [0.05, 0.1) is 17.8 Å². The molecular weight excluding hydrogens is 425 g/mol. The van der Waals surface area contributed by atoms with Gasteiger partial charge in [0, 0.05) is 50.7 Å².